The van der Waals surface area contributed by atoms with Gasteiger partial charge in [-0.3, -0.25) is 9.59 Å². The van der Waals surface area contributed by atoms with Crippen molar-refractivity contribution in [2.45, 2.75) is 44.2 Å². The first-order valence-corrected chi connectivity index (χ1v) is 8.80. The highest BCUT2D eigenvalue weighted by Crippen LogP contribution is 2.09. The Kier molecular flexibility index (Phi) is 7.83. The summed E-state index contributed by atoms with van der Waals surface area (Å²) in [6.07, 6.45) is 0.644. The lowest BCUT2D eigenvalue weighted by atomic mass is 10.0. The minimum absolute atomic E-state index is 0.0453. The van der Waals surface area contributed by atoms with Gasteiger partial charge in [-0.15, -0.1) is 0 Å². The van der Waals surface area contributed by atoms with Crippen molar-refractivity contribution in [1.29, 1.82) is 0 Å². The van der Waals surface area contributed by atoms with Crippen LogP contribution in [0.3, 0.4) is 0 Å². The Balaban J connectivity index is 1.83. The summed E-state index contributed by atoms with van der Waals surface area (Å²) in [6, 6.07) is 18.7. The van der Waals surface area contributed by atoms with Crippen LogP contribution in [0.5, 0.6) is 0 Å². The summed E-state index contributed by atoms with van der Waals surface area (Å²) >= 11 is 0. The lowest BCUT2D eigenvalue weighted by Crippen LogP contribution is -2.38. The Morgan fingerprint density at radius 1 is 0.885 bits per heavy atom. The first-order chi connectivity index (χ1) is 12.5. The van der Waals surface area contributed by atoms with Gasteiger partial charge in [0.1, 0.15) is 0 Å². The van der Waals surface area contributed by atoms with E-state index in [1.54, 1.807) is 0 Å². The van der Waals surface area contributed by atoms with E-state index in [1.165, 1.54) is 0 Å². The largest absolute Gasteiger partial charge is 0.481 e. The molecule has 0 heterocycles. The number of carbonyl (C=O) groups excluding carboxylic acids is 1. The molecule has 2 atom stereocenters. The minimum Gasteiger partial charge on any atom is -0.481 e. The number of hydrogen-bond acceptors (Lipinski definition) is 3. The molecule has 0 aromatic heterocycles. The van der Waals surface area contributed by atoms with E-state index < -0.39 is 18.1 Å². The average molecular weight is 355 g/mol. The third-order valence-electron chi connectivity index (χ3n) is 4.15. The number of carboxylic acid groups (broad SMARTS) is 1. The average Bonchev–Trinajstić information content (AvgIpc) is 2.60. The lowest BCUT2D eigenvalue weighted by molar-refractivity contribution is -0.137. The molecule has 0 aliphatic carbocycles. The van der Waals surface area contributed by atoms with Crippen molar-refractivity contribution in [3.8, 4) is 0 Å². The van der Waals surface area contributed by atoms with Crippen molar-refractivity contribution in [3.63, 3.8) is 0 Å². The number of rotatable bonds is 10. The second kappa shape index (κ2) is 10.4. The highest BCUT2D eigenvalue weighted by Gasteiger charge is 2.18. The Bertz CT molecular complexity index is 688. The molecular formula is C21H25NO4. The van der Waals surface area contributed by atoms with Gasteiger partial charge >= 0.3 is 5.97 Å². The zero-order valence-electron chi connectivity index (χ0n) is 14.7. The molecule has 2 aromatic rings. The SMILES string of the molecule is O=C(O)C[C@@H](CCc1ccccc1)NC(=O)CC(O)Cc1ccccc1. The van der Waals surface area contributed by atoms with Crippen LogP contribution >= 0.6 is 0 Å². The zero-order chi connectivity index (χ0) is 18.8. The molecule has 1 amide bonds. The third kappa shape index (κ3) is 7.49. The van der Waals surface area contributed by atoms with Gasteiger partial charge in [0, 0.05) is 6.04 Å². The van der Waals surface area contributed by atoms with E-state index in [-0.39, 0.29) is 18.7 Å². The van der Waals surface area contributed by atoms with Gasteiger partial charge in [0.2, 0.25) is 5.91 Å². The van der Waals surface area contributed by atoms with E-state index in [4.69, 9.17) is 5.11 Å². The molecule has 2 rings (SSSR count). The maximum Gasteiger partial charge on any atom is 0.305 e. The van der Waals surface area contributed by atoms with Crippen LogP contribution in [0.4, 0.5) is 0 Å². The van der Waals surface area contributed by atoms with Crippen LogP contribution in [0, 0.1) is 0 Å². The number of aliphatic carboxylic acids is 1. The fourth-order valence-corrected chi connectivity index (χ4v) is 2.88. The van der Waals surface area contributed by atoms with Crippen LogP contribution in [-0.4, -0.2) is 34.2 Å². The Morgan fingerprint density at radius 3 is 2.04 bits per heavy atom. The van der Waals surface area contributed by atoms with E-state index in [2.05, 4.69) is 5.32 Å². The van der Waals surface area contributed by atoms with Crippen LogP contribution in [0.1, 0.15) is 30.4 Å². The molecule has 2 aromatic carbocycles. The van der Waals surface area contributed by atoms with Gasteiger partial charge in [-0.25, -0.2) is 0 Å². The van der Waals surface area contributed by atoms with E-state index in [9.17, 15) is 14.7 Å². The maximum atomic E-state index is 12.2. The molecule has 3 N–H and O–H groups in total. The summed E-state index contributed by atoms with van der Waals surface area (Å²) in [5.41, 5.74) is 2.06. The predicted molar refractivity (Wildman–Crippen MR) is 99.7 cm³/mol. The second-order valence-corrected chi connectivity index (χ2v) is 6.43. The van der Waals surface area contributed by atoms with Gasteiger partial charge in [0.15, 0.2) is 0 Å². The zero-order valence-corrected chi connectivity index (χ0v) is 14.7. The Hall–Kier alpha value is -2.66. The number of aryl methyl sites for hydroxylation is 1. The first kappa shape index (κ1) is 19.7. The summed E-state index contributed by atoms with van der Waals surface area (Å²) in [5, 5.41) is 21.9. The van der Waals surface area contributed by atoms with Crippen molar-refractivity contribution < 1.29 is 19.8 Å². The lowest BCUT2D eigenvalue weighted by Gasteiger charge is -2.18. The summed E-state index contributed by atoms with van der Waals surface area (Å²) in [7, 11) is 0. The highest BCUT2D eigenvalue weighted by molar-refractivity contribution is 5.77. The molecule has 0 radical (unpaired) electrons. The van der Waals surface area contributed by atoms with Gasteiger partial charge < -0.3 is 15.5 Å². The summed E-state index contributed by atoms with van der Waals surface area (Å²) in [5.74, 6) is -1.28. The first-order valence-electron chi connectivity index (χ1n) is 8.80. The number of aliphatic hydroxyl groups is 1. The number of carboxylic acids is 1. The summed E-state index contributed by atoms with van der Waals surface area (Å²) in [6.45, 7) is 0. The van der Waals surface area contributed by atoms with Crippen molar-refractivity contribution in [1.82, 2.24) is 5.32 Å². The number of aliphatic hydroxyl groups excluding tert-OH is 1. The number of carbonyl (C=O) groups is 2. The molecule has 0 aliphatic rings. The molecule has 0 spiro atoms. The fraction of sp³-hybridized carbons (Fsp3) is 0.333. The van der Waals surface area contributed by atoms with Gasteiger partial charge in [-0.05, 0) is 30.4 Å². The van der Waals surface area contributed by atoms with E-state index in [0.717, 1.165) is 11.1 Å². The summed E-state index contributed by atoms with van der Waals surface area (Å²) < 4.78 is 0. The second-order valence-electron chi connectivity index (χ2n) is 6.43. The summed E-state index contributed by atoms with van der Waals surface area (Å²) in [4.78, 5) is 23.2. The van der Waals surface area contributed by atoms with Crippen molar-refractivity contribution in [2.24, 2.45) is 0 Å². The van der Waals surface area contributed by atoms with Crippen molar-refractivity contribution in [3.05, 3.63) is 71.8 Å². The molecular weight excluding hydrogens is 330 g/mol. The van der Waals surface area contributed by atoms with Gasteiger partial charge in [-0.2, -0.15) is 0 Å². The number of benzene rings is 2. The molecule has 5 nitrogen and oxygen atoms in total. The van der Waals surface area contributed by atoms with E-state index >= 15 is 0 Å². The van der Waals surface area contributed by atoms with Crippen LogP contribution in [0.15, 0.2) is 60.7 Å². The van der Waals surface area contributed by atoms with Crippen molar-refractivity contribution >= 4 is 11.9 Å². The molecule has 0 saturated heterocycles. The molecule has 138 valence electrons. The smallest absolute Gasteiger partial charge is 0.305 e. The number of amides is 1. The van der Waals surface area contributed by atoms with E-state index in [1.807, 2.05) is 60.7 Å². The third-order valence-corrected chi connectivity index (χ3v) is 4.15. The highest BCUT2D eigenvalue weighted by atomic mass is 16.4. The van der Waals surface area contributed by atoms with Crippen LogP contribution in [0.2, 0.25) is 0 Å². The standard InChI is InChI=1S/C21H25NO4/c23-19(13-17-9-5-2-6-10-17)15-20(24)22-18(14-21(25)26)12-11-16-7-3-1-4-8-16/h1-10,18-19,23H,11-15H2,(H,22,24)(H,25,26)/t18-,19?/m1/s1. The van der Waals surface area contributed by atoms with Crippen molar-refractivity contribution in [2.75, 3.05) is 0 Å². The number of hydrogen-bond donors (Lipinski definition) is 3. The molecule has 0 saturated carbocycles. The monoisotopic (exact) mass is 355 g/mol. The van der Waals surface area contributed by atoms with Gasteiger partial charge in [-0.1, -0.05) is 60.7 Å². The Labute approximate surface area is 153 Å². The molecule has 1 unspecified atom stereocenters. The molecule has 0 fully saturated rings. The molecule has 0 aliphatic heterocycles. The maximum absolute atomic E-state index is 12.2. The molecule has 0 bridgehead atoms. The van der Waals surface area contributed by atoms with Crippen LogP contribution in [-0.2, 0) is 22.4 Å². The normalized spacial score (nSPS) is 13.0. The van der Waals surface area contributed by atoms with Crippen LogP contribution < -0.4 is 5.32 Å². The minimum atomic E-state index is -0.951. The van der Waals surface area contributed by atoms with E-state index in [0.29, 0.717) is 19.3 Å². The van der Waals surface area contributed by atoms with Gasteiger partial charge in [0.05, 0.1) is 18.9 Å². The van der Waals surface area contributed by atoms with Crippen LogP contribution in [0.25, 0.3) is 0 Å². The predicted octanol–water partition coefficient (Wildman–Crippen LogP) is 2.57. The quantitative estimate of drug-likeness (QED) is 0.611. The molecule has 26 heavy (non-hydrogen) atoms. The molecule has 5 heteroatoms. The van der Waals surface area contributed by atoms with Gasteiger partial charge in [0.25, 0.3) is 0 Å². The topological polar surface area (TPSA) is 86.6 Å². The Morgan fingerprint density at radius 2 is 1.46 bits per heavy atom. The number of nitrogens with one attached hydrogen (secondary N) is 1. The fourth-order valence-electron chi connectivity index (χ4n) is 2.88.